The van der Waals surface area contributed by atoms with Crippen molar-refractivity contribution in [2.24, 2.45) is 0 Å². The highest BCUT2D eigenvalue weighted by Crippen LogP contribution is 2.31. The number of piperidine rings is 1. The molecule has 0 spiro atoms. The van der Waals surface area contributed by atoms with Crippen LogP contribution in [0.4, 0.5) is 5.82 Å². The van der Waals surface area contributed by atoms with E-state index in [1.807, 2.05) is 0 Å². The molecular weight excluding hydrogens is 234 g/mol. The predicted molar refractivity (Wildman–Crippen MR) is 79.5 cm³/mol. The molecule has 2 saturated heterocycles. The topological polar surface area (TPSA) is 19.4 Å². The van der Waals surface area contributed by atoms with Crippen LogP contribution < -0.4 is 4.90 Å². The Labute approximate surface area is 116 Å². The van der Waals surface area contributed by atoms with Gasteiger partial charge in [-0.05, 0) is 56.8 Å². The zero-order valence-electron chi connectivity index (χ0n) is 12.0. The van der Waals surface area contributed by atoms with Gasteiger partial charge in [-0.1, -0.05) is 13.0 Å². The van der Waals surface area contributed by atoms with Crippen molar-refractivity contribution in [3.05, 3.63) is 23.9 Å². The van der Waals surface area contributed by atoms with Crippen molar-refractivity contribution in [1.29, 1.82) is 0 Å². The van der Waals surface area contributed by atoms with Gasteiger partial charge in [-0.15, -0.1) is 0 Å². The number of rotatable bonds is 3. The highest BCUT2D eigenvalue weighted by molar-refractivity contribution is 5.40. The third-order valence-corrected chi connectivity index (χ3v) is 4.61. The Bertz CT molecular complexity index is 395. The fourth-order valence-corrected chi connectivity index (χ4v) is 3.49. The first-order valence-corrected chi connectivity index (χ1v) is 7.83. The van der Waals surface area contributed by atoms with Gasteiger partial charge in [0, 0.05) is 25.3 Å². The summed E-state index contributed by atoms with van der Waals surface area (Å²) in [5.41, 5.74) is 1.40. The molecule has 0 amide bonds. The number of likely N-dealkylation sites (tertiary alicyclic amines) is 1. The zero-order valence-corrected chi connectivity index (χ0v) is 12.0. The number of aromatic nitrogens is 1. The number of hydrogen-bond donors (Lipinski definition) is 0. The van der Waals surface area contributed by atoms with Crippen molar-refractivity contribution in [3.63, 3.8) is 0 Å². The standard InChI is InChI=1S/C16H25N3/c1-2-18-12-6-7-15(18)14-8-9-16(17-13-14)19-10-4-3-5-11-19/h8-9,13,15H,2-7,10-12H2,1H3/t15-/m0/s1. The molecule has 0 radical (unpaired) electrons. The Kier molecular flexibility index (Phi) is 4.02. The van der Waals surface area contributed by atoms with Crippen molar-refractivity contribution in [1.82, 2.24) is 9.88 Å². The zero-order chi connectivity index (χ0) is 13.1. The molecule has 2 aliphatic rings. The highest BCUT2D eigenvalue weighted by atomic mass is 15.2. The van der Waals surface area contributed by atoms with Crippen molar-refractivity contribution in [2.75, 3.05) is 31.1 Å². The average Bonchev–Trinajstić information content (AvgIpc) is 2.97. The molecule has 2 aliphatic heterocycles. The molecule has 1 atom stereocenters. The third kappa shape index (κ3) is 2.76. The quantitative estimate of drug-likeness (QED) is 0.831. The molecule has 0 N–H and O–H groups in total. The molecule has 0 aromatic carbocycles. The first kappa shape index (κ1) is 12.9. The minimum Gasteiger partial charge on any atom is -0.357 e. The molecule has 3 heterocycles. The minimum atomic E-state index is 0.605. The van der Waals surface area contributed by atoms with E-state index in [0.29, 0.717) is 6.04 Å². The lowest BCUT2D eigenvalue weighted by Crippen LogP contribution is -2.30. The van der Waals surface area contributed by atoms with Crippen molar-refractivity contribution in [2.45, 2.75) is 45.1 Å². The second kappa shape index (κ2) is 5.91. The highest BCUT2D eigenvalue weighted by Gasteiger charge is 2.24. The van der Waals surface area contributed by atoms with Crippen LogP contribution >= 0.6 is 0 Å². The van der Waals surface area contributed by atoms with Gasteiger partial charge in [-0.25, -0.2) is 4.98 Å². The molecule has 3 rings (SSSR count). The monoisotopic (exact) mass is 259 g/mol. The van der Waals surface area contributed by atoms with Crippen molar-refractivity contribution in [3.8, 4) is 0 Å². The van der Waals surface area contributed by atoms with Crippen molar-refractivity contribution < 1.29 is 0 Å². The summed E-state index contributed by atoms with van der Waals surface area (Å²) in [6.07, 6.45) is 8.74. The normalized spacial score (nSPS) is 24.9. The van der Waals surface area contributed by atoms with Crippen LogP contribution in [0.2, 0.25) is 0 Å². The van der Waals surface area contributed by atoms with E-state index < -0.39 is 0 Å². The third-order valence-electron chi connectivity index (χ3n) is 4.61. The van der Waals surface area contributed by atoms with Gasteiger partial charge in [0.1, 0.15) is 5.82 Å². The second-order valence-electron chi connectivity index (χ2n) is 5.78. The average molecular weight is 259 g/mol. The summed E-state index contributed by atoms with van der Waals surface area (Å²) >= 11 is 0. The van der Waals surface area contributed by atoms with E-state index in [0.717, 1.165) is 6.54 Å². The van der Waals surface area contributed by atoms with Gasteiger partial charge in [0.05, 0.1) is 0 Å². The Morgan fingerprint density at radius 2 is 1.95 bits per heavy atom. The SMILES string of the molecule is CCN1CCC[C@H]1c1ccc(N2CCCCC2)nc1. The molecule has 1 aromatic rings. The summed E-state index contributed by atoms with van der Waals surface area (Å²) < 4.78 is 0. The molecule has 3 nitrogen and oxygen atoms in total. The molecule has 19 heavy (non-hydrogen) atoms. The Morgan fingerprint density at radius 3 is 2.63 bits per heavy atom. The first-order chi connectivity index (χ1) is 9.38. The second-order valence-corrected chi connectivity index (χ2v) is 5.78. The van der Waals surface area contributed by atoms with Gasteiger partial charge in [-0.3, -0.25) is 4.90 Å². The van der Waals surface area contributed by atoms with Crippen LogP contribution in [0.5, 0.6) is 0 Å². The fourth-order valence-electron chi connectivity index (χ4n) is 3.49. The van der Waals surface area contributed by atoms with Gasteiger partial charge in [-0.2, -0.15) is 0 Å². The van der Waals surface area contributed by atoms with E-state index in [1.165, 1.54) is 63.1 Å². The van der Waals surface area contributed by atoms with Gasteiger partial charge < -0.3 is 4.90 Å². The largest absolute Gasteiger partial charge is 0.357 e. The van der Waals surface area contributed by atoms with Crippen LogP contribution in [0.3, 0.4) is 0 Å². The lowest BCUT2D eigenvalue weighted by Gasteiger charge is -2.28. The van der Waals surface area contributed by atoms with E-state index in [-0.39, 0.29) is 0 Å². The molecule has 2 fully saturated rings. The van der Waals surface area contributed by atoms with Crippen LogP contribution in [0.1, 0.15) is 50.6 Å². The molecule has 0 unspecified atom stereocenters. The predicted octanol–water partition coefficient (Wildman–Crippen LogP) is 3.23. The summed E-state index contributed by atoms with van der Waals surface area (Å²) in [5.74, 6) is 1.17. The number of nitrogens with zero attached hydrogens (tertiary/aromatic N) is 3. The van der Waals surface area contributed by atoms with Gasteiger partial charge >= 0.3 is 0 Å². The maximum Gasteiger partial charge on any atom is 0.128 e. The molecule has 104 valence electrons. The van der Waals surface area contributed by atoms with Crippen LogP contribution in [0, 0.1) is 0 Å². The minimum absolute atomic E-state index is 0.605. The fraction of sp³-hybridized carbons (Fsp3) is 0.688. The lowest BCUT2D eigenvalue weighted by molar-refractivity contribution is 0.271. The van der Waals surface area contributed by atoms with Crippen LogP contribution in [0.25, 0.3) is 0 Å². The summed E-state index contributed by atoms with van der Waals surface area (Å²) in [6, 6.07) is 5.13. The van der Waals surface area contributed by atoms with Crippen LogP contribution in [0.15, 0.2) is 18.3 Å². The van der Waals surface area contributed by atoms with Crippen molar-refractivity contribution >= 4 is 5.82 Å². The Balaban J connectivity index is 1.71. The van der Waals surface area contributed by atoms with Gasteiger partial charge in [0.15, 0.2) is 0 Å². The summed E-state index contributed by atoms with van der Waals surface area (Å²) in [6.45, 7) is 7.01. The van der Waals surface area contributed by atoms with Gasteiger partial charge in [0.25, 0.3) is 0 Å². The number of anilines is 1. The van der Waals surface area contributed by atoms with E-state index in [9.17, 15) is 0 Å². The summed E-state index contributed by atoms with van der Waals surface area (Å²) in [5, 5.41) is 0. The Hall–Kier alpha value is -1.09. The van der Waals surface area contributed by atoms with E-state index in [2.05, 4.69) is 35.1 Å². The first-order valence-electron chi connectivity index (χ1n) is 7.83. The molecule has 1 aromatic heterocycles. The van der Waals surface area contributed by atoms with E-state index in [1.54, 1.807) is 0 Å². The lowest BCUT2D eigenvalue weighted by atomic mass is 10.1. The maximum atomic E-state index is 4.71. The molecular formula is C16H25N3. The summed E-state index contributed by atoms with van der Waals surface area (Å²) in [7, 11) is 0. The Morgan fingerprint density at radius 1 is 1.11 bits per heavy atom. The van der Waals surface area contributed by atoms with E-state index >= 15 is 0 Å². The van der Waals surface area contributed by atoms with Gasteiger partial charge in [0.2, 0.25) is 0 Å². The van der Waals surface area contributed by atoms with Crippen LogP contribution in [-0.4, -0.2) is 36.1 Å². The smallest absolute Gasteiger partial charge is 0.128 e. The van der Waals surface area contributed by atoms with E-state index in [4.69, 9.17) is 4.98 Å². The van der Waals surface area contributed by atoms with Crippen LogP contribution in [-0.2, 0) is 0 Å². The molecule has 3 heteroatoms. The molecule has 0 bridgehead atoms. The summed E-state index contributed by atoms with van der Waals surface area (Å²) in [4.78, 5) is 9.71. The molecule has 0 aliphatic carbocycles. The maximum absolute atomic E-state index is 4.71. The molecule has 0 saturated carbocycles. The number of pyridine rings is 1. The number of hydrogen-bond acceptors (Lipinski definition) is 3.